The van der Waals surface area contributed by atoms with Crippen LogP contribution in [0.5, 0.6) is 0 Å². The third-order valence-corrected chi connectivity index (χ3v) is 5.14. The molecule has 0 aliphatic carbocycles. The van der Waals surface area contributed by atoms with Crippen molar-refractivity contribution in [2.75, 3.05) is 6.54 Å². The fourth-order valence-electron chi connectivity index (χ4n) is 1.60. The summed E-state index contributed by atoms with van der Waals surface area (Å²) in [4.78, 5) is 11.1. The Morgan fingerprint density at radius 3 is 2.50 bits per heavy atom. The Kier molecular flexibility index (Phi) is 5.73. The average Bonchev–Trinajstić information content (AvgIpc) is 2.31. The molecule has 0 saturated heterocycles. The first-order chi connectivity index (χ1) is 9.15. The van der Waals surface area contributed by atoms with Crippen LogP contribution in [-0.4, -0.2) is 26.0 Å². The van der Waals surface area contributed by atoms with Crippen LogP contribution >= 0.6 is 15.9 Å². The monoisotopic (exact) mass is 363 g/mol. The zero-order chi connectivity index (χ0) is 15.5. The molecule has 7 heteroatoms. The van der Waals surface area contributed by atoms with Crippen LogP contribution in [0.2, 0.25) is 0 Å². The molecule has 0 bridgehead atoms. The number of carboxylic acids is 1. The molecular weight excluding hydrogens is 346 g/mol. The smallest absolute Gasteiger partial charge is 0.336 e. The lowest BCUT2D eigenvalue weighted by Crippen LogP contribution is -2.26. The number of halogens is 1. The van der Waals surface area contributed by atoms with E-state index in [2.05, 4.69) is 20.7 Å². The van der Waals surface area contributed by atoms with Crippen LogP contribution in [0.25, 0.3) is 0 Å². The Morgan fingerprint density at radius 1 is 1.40 bits per heavy atom. The van der Waals surface area contributed by atoms with Crippen molar-refractivity contribution < 1.29 is 18.3 Å². The van der Waals surface area contributed by atoms with Gasteiger partial charge in [-0.25, -0.2) is 17.9 Å². The lowest BCUT2D eigenvalue weighted by Gasteiger charge is -2.11. The van der Waals surface area contributed by atoms with E-state index in [1.165, 1.54) is 12.1 Å². The molecular formula is C13H18BrNO4S. The van der Waals surface area contributed by atoms with E-state index in [9.17, 15) is 13.2 Å². The molecule has 0 amide bonds. The first-order valence-electron chi connectivity index (χ1n) is 6.18. The number of benzene rings is 1. The molecule has 0 unspecified atom stereocenters. The summed E-state index contributed by atoms with van der Waals surface area (Å²) in [6.07, 6.45) is 0.720. The molecule has 0 aliphatic rings. The van der Waals surface area contributed by atoms with E-state index in [0.29, 0.717) is 22.5 Å². The molecule has 0 aromatic heterocycles. The highest BCUT2D eigenvalue weighted by Gasteiger charge is 2.19. The quantitative estimate of drug-likeness (QED) is 0.813. The fraction of sp³-hybridized carbons (Fsp3) is 0.462. The Balaban J connectivity index is 3.10. The van der Waals surface area contributed by atoms with Crippen molar-refractivity contribution in [3.8, 4) is 0 Å². The van der Waals surface area contributed by atoms with Crippen LogP contribution in [0.1, 0.15) is 36.2 Å². The molecule has 0 heterocycles. The molecule has 5 nitrogen and oxygen atoms in total. The van der Waals surface area contributed by atoms with E-state index in [4.69, 9.17) is 5.11 Å². The number of aromatic carboxylic acids is 1. The van der Waals surface area contributed by atoms with Gasteiger partial charge in [-0.2, -0.15) is 0 Å². The van der Waals surface area contributed by atoms with Gasteiger partial charge in [0.05, 0.1) is 10.5 Å². The predicted molar refractivity (Wildman–Crippen MR) is 80.5 cm³/mol. The maximum Gasteiger partial charge on any atom is 0.336 e. The second-order valence-electron chi connectivity index (χ2n) is 4.96. The van der Waals surface area contributed by atoms with E-state index in [1.54, 1.807) is 6.92 Å². The van der Waals surface area contributed by atoms with E-state index < -0.39 is 16.0 Å². The molecule has 0 atom stereocenters. The van der Waals surface area contributed by atoms with E-state index in [1.807, 2.05) is 13.8 Å². The van der Waals surface area contributed by atoms with Crippen molar-refractivity contribution in [3.63, 3.8) is 0 Å². The first kappa shape index (κ1) is 17.1. The maximum absolute atomic E-state index is 12.1. The van der Waals surface area contributed by atoms with Gasteiger partial charge >= 0.3 is 5.97 Å². The number of carbonyl (C=O) groups is 1. The normalized spacial score (nSPS) is 11.8. The molecule has 1 aromatic rings. The number of hydrogen-bond acceptors (Lipinski definition) is 3. The molecule has 1 rings (SSSR count). The summed E-state index contributed by atoms with van der Waals surface area (Å²) in [6, 6.07) is 2.60. The third-order valence-electron chi connectivity index (χ3n) is 2.87. The van der Waals surface area contributed by atoms with Crippen molar-refractivity contribution in [2.24, 2.45) is 5.92 Å². The summed E-state index contributed by atoms with van der Waals surface area (Å²) in [5, 5.41) is 9.09. The van der Waals surface area contributed by atoms with Gasteiger partial charge < -0.3 is 5.11 Å². The van der Waals surface area contributed by atoms with Crippen LogP contribution < -0.4 is 4.72 Å². The van der Waals surface area contributed by atoms with Crippen LogP contribution in [0.3, 0.4) is 0 Å². The second-order valence-corrected chi connectivity index (χ2v) is 7.58. The van der Waals surface area contributed by atoms with Crippen LogP contribution in [0.15, 0.2) is 21.5 Å². The molecule has 112 valence electrons. The van der Waals surface area contributed by atoms with Gasteiger partial charge in [-0.05, 0) is 37.0 Å². The number of hydrogen-bond donors (Lipinski definition) is 2. The van der Waals surface area contributed by atoms with Gasteiger partial charge in [0.15, 0.2) is 0 Å². The predicted octanol–water partition coefficient (Wildman–Crippen LogP) is 2.78. The van der Waals surface area contributed by atoms with Gasteiger partial charge in [0.1, 0.15) is 0 Å². The molecule has 20 heavy (non-hydrogen) atoms. The fourth-order valence-corrected chi connectivity index (χ4v) is 3.31. The van der Waals surface area contributed by atoms with Crippen molar-refractivity contribution >= 4 is 31.9 Å². The molecule has 0 fully saturated rings. The van der Waals surface area contributed by atoms with Crippen molar-refractivity contribution in [3.05, 3.63) is 27.7 Å². The van der Waals surface area contributed by atoms with Gasteiger partial charge in [0.25, 0.3) is 0 Å². The molecule has 2 N–H and O–H groups in total. The Labute approximate surface area is 127 Å². The Hall–Kier alpha value is -0.920. The van der Waals surface area contributed by atoms with Crippen LogP contribution in [0, 0.1) is 12.8 Å². The zero-order valence-electron chi connectivity index (χ0n) is 11.6. The first-order valence-corrected chi connectivity index (χ1v) is 8.46. The van der Waals surface area contributed by atoms with Crippen molar-refractivity contribution in [1.82, 2.24) is 4.72 Å². The number of sulfonamides is 1. The minimum atomic E-state index is -3.69. The van der Waals surface area contributed by atoms with Crippen molar-refractivity contribution in [2.45, 2.75) is 32.1 Å². The molecule has 0 saturated carbocycles. The number of nitrogens with one attached hydrogen (secondary N) is 1. The van der Waals surface area contributed by atoms with Gasteiger partial charge in [0, 0.05) is 11.0 Å². The third kappa shape index (κ3) is 4.29. The molecule has 0 aliphatic heterocycles. The van der Waals surface area contributed by atoms with Crippen LogP contribution in [0.4, 0.5) is 0 Å². The van der Waals surface area contributed by atoms with Gasteiger partial charge in [-0.15, -0.1) is 0 Å². The molecule has 0 radical (unpaired) electrons. The largest absolute Gasteiger partial charge is 0.478 e. The molecule has 1 aromatic carbocycles. The van der Waals surface area contributed by atoms with E-state index in [0.717, 1.165) is 6.42 Å². The topological polar surface area (TPSA) is 83.5 Å². The molecule has 0 spiro atoms. The lowest BCUT2D eigenvalue weighted by molar-refractivity contribution is 0.0695. The number of rotatable bonds is 6. The summed E-state index contributed by atoms with van der Waals surface area (Å²) in [6.45, 7) is 5.95. The van der Waals surface area contributed by atoms with Gasteiger partial charge in [-0.3, -0.25) is 0 Å². The lowest BCUT2D eigenvalue weighted by atomic mass is 10.1. The second kappa shape index (κ2) is 6.69. The Morgan fingerprint density at radius 2 is 2.00 bits per heavy atom. The SMILES string of the molecule is Cc1c(Br)cc(S(=O)(=O)NCCC(C)C)cc1C(=O)O. The summed E-state index contributed by atoms with van der Waals surface area (Å²) in [7, 11) is -3.69. The van der Waals surface area contributed by atoms with Gasteiger partial charge in [-0.1, -0.05) is 29.8 Å². The minimum absolute atomic E-state index is 0.0244. The van der Waals surface area contributed by atoms with Gasteiger partial charge in [0.2, 0.25) is 10.0 Å². The summed E-state index contributed by atoms with van der Waals surface area (Å²) in [5.74, 6) is -0.764. The standard InChI is InChI=1S/C13H18BrNO4S/c1-8(2)4-5-15-20(18,19)10-6-11(13(16)17)9(3)12(14)7-10/h6-8,15H,4-5H2,1-3H3,(H,16,17). The number of carboxylic acid groups (broad SMARTS) is 1. The minimum Gasteiger partial charge on any atom is -0.478 e. The van der Waals surface area contributed by atoms with E-state index in [-0.39, 0.29) is 10.5 Å². The zero-order valence-corrected chi connectivity index (χ0v) is 14.0. The summed E-state index contributed by atoms with van der Waals surface area (Å²) < 4.78 is 27.2. The Bertz CT molecular complexity index is 611. The highest BCUT2D eigenvalue weighted by Crippen LogP contribution is 2.25. The van der Waals surface area contributed by atoms with Crippen LogP contribution in [-0.2, 0) is 10.0 Å². The maximum atomic E-state index is 12.1. The highest BCUT2D eigenvalue weighted by molar-refractivity contribution is 9.10. The summed E-state index contributed by atoms with van der Waals surface area (Å²) >= 11 is 3.19. The summed E-state index contributed by atoms with van der Waals surface area (Å²) in [5.41, 5.74) is 0.474. The van der Waals surface area contributed by atoms with E-state index >= 15 is 0 Å². The average molecular weight is 364 g/mol. The van der Waals surface area contributed by atoms with Crippen molar-refractivity contribution in [1.29, 1.82) is 0 Å². The highest BCUT2D eigenvalue weighted by atomic mass is 79.9.